The molecule has 1 aromatic carbocycles. The lowest BCUT2D eigenvalue weighted by molar-refractivity contribution is 0.137. The third-order valence-electron chi connectivity index (χ3n) is 8.94. The SMILES string of the molecule is CCN(CC)C(CC1CCC(Cc2sccc2N(C)C)CC1)c1nc(Cc2ccccc2)c(N2CCSCC2)o1. The van der Waals surface area contributed by atoms with E-state index >= 15 is 0 Å². The highest BCUT2D eigenvalue weighted by molar-refractivity contribution is 7.99. The lowest BCUT2D eigenvalue weighted by atomic mass is 9.77. The lowest BCUT2D eigenvalue weighted by Crippen LogP contribution is -2.33. The van der Waals surface area contributed by atoms with Gasteiger partial charge in [0, 0.05) is 50.0 Å². The van der Waals surface area contributed by atoms with Crippen molar-refractivity contribution in [2.24, 2.45) is 11.8 Å². The topological polar surface area (TPSA) is 35.8 Å². The first-order chi connectivity index (χ1) is 19.6. The summed E-state index contributed by atoms with van der Waals surface area (Å²) in [6, 6.07) is 13.3. The average Bonchev–Trinajstić information content (AvgIpc) is 3.62. The number of hydrogen-bond donors (Lipinski definition) is 0. The summed E-state index contributed by atoms with van der Waals surface area (Å²) in [4.78, 5) is 14.1. The van der Waals surface area contributed by atoms with Gasteiger partial charge < -0.3 is 14.2 Å². The molecule has 3 aromatic rings. The molecule has 1 atom stereocenters. The molecule has 40 heavy (non-hydrogen) atoms. The van der Waals surface area contributed by atoms with Crippen molar-refractivity contribution in [1.82, 2.24) is 9.88 Å². The molecule has 3 heterocycles. The summed E-state index contributed by atoms with van der Waals surface area (Å²) in [6.45, 7) is 8.70. The predicted molar refractivity (Wildman–Crippen MR) is 173 cm³/mol. The van der Waals surface area contributed by atoms with Crippen LogP contribution in [0.25, 0.3) is 0 Å². The van der Waals surface area contributed by atoms with Crippen LogP contribution in [0, 0.1) is 11.8 Å². The van der Waals surface area contributed by atoms with Gasteiger partial charge in [-0.15, -0.1) is 11.3 Å². The number of nitrogens with zero attached hydrogens (tertiary/aromatic N) is 4. The Bertz CT molecular complexity index is 1160. The number of rotatable bonds is 12. The molecule has 1 unspecified atom stereocenters. The Balaban J connectivity index is 1.31. The van der Waals surface area contributed by atoms with Crippen LogP contribution in [-0.2, 0) is 12.8 Å². The first kappa shape index (κ1) is 29.5. The van der Waals surface area contributed by atoms with Crippen molar-refractivity contribution in [3.63, 3.8) is 0 Å². The lowest BCUT2D eigenvalue weighted by Gasteiger charge is -2.34. The van der Waals surface area contributed by atoms with Gasteiger partial charge in [0.05, 0.1) is 11.7 Å². The van der Waals surface area contributed by atoms with E-state index in [4.69, 9.17) is 9.40 Å². The molecule has 2 fully saturated rings. The molecule has 1 aliphatic heterocycles. The van der Waals surface area contributed by atoms with Crippen LogP contribution in [0.4, 0.5) is 11.6 Å². The maximum atomic E-state index is 6.80. The molecule has 0 radical (unpaired) electrons. The number of aromatic nitrogens is 1. The molecule has 218 valence electrons. The van der Waals surface area contributed by atoms with Crippen molar-refractivity contribution in [3.8, 4) is 0 Å². The van der Waals surface area contributed by atoms with E-state index in [2.05, 4.69) is 84.4 Å². The summed E-state index contributed by atoms with van der Waals surface area (Å²) in [5.74, 6) is 5.82. The first-order valence-electron chi connectivity index (χ1n) is 15.4. The molecule has 5 rings (SSSR count). The fourth-order valence-electron chi connectivity index (χ4n) is 6.63. The summed E-state index contributed by atoms with van der Waals surface area (Å²) in [5.41, 5.74) is 3.82. The molecular weight excluding hydrogens is 533 g/mol. The maximum absolute atomic E-state index is 6.80. The molecule has 1 saturated heterocycles. The van der Waals surface area contributed by atoms with Crippen LogP contribution in [0.5, 0.6) is 0 Å². The van der Waals surface area contributed by atoms with Crippen molar-refractivity contribution >= 4 is 34.7 Å². The van der Waals surface area contributed by atoms with E-state index in [9.17, 15) is 0 Å². The van der Waals surface area contributed by atoms with E-state index in [1.807, 2.05) is 23.1 Å². The van der Waals surface area contributed by atoms with Crippen molar-refractivity contribution in [3.05, 3.63) is 63.8 Å². The normalized spacial score (nSPS) is 20.7. The van der Waals surface area contributed by atoms with Crippen LogP contribution in [0.3, 0.4) is 0 Å². The van der Waals surface area contributed by atoms with Crippen molar-refractivity contribution < 1.29 is 4.42 Å². The molecule has 2 aliphatic rings. The number of benzene rings is 1. The summed E-state index contributed by atoms with van der Waals surface area (Å²) >= 11 is 3.97. The predicted octanol–water partition coefficient (Wildman–Crippen LogP) is 7.77. The average molecular weight is 581 g/mol. The Morgan fingerprint density at radius 1 is 0.975 bits per heavy atom. The molecule has 5 nitrogen and oxygen atoms in total. The highest BCUT2D eigenvalue weighted by Gasteiger charge is 2.32. The standard InChI is InChI=1S/C33H48N4OS2/c1-5-36(6-2)30(23-26-12-14-27(15-13-26)24-31-29(35(3)4)16-19-40-31)32-34-28(22-25-10-8-7-9-11-25)33(38-32)37-17-20-39-21-18-37/h7-11,16,19,26-27,30H,5-6,12-15,17-18,20-24H2,1-4H3. The number of hydrogen-bond acceptors (Lipinski definition) is 7. The number of anilines is 2. The second kappa shape index (κ2) is 14.3. The van der Waals surface area contributed by atoms with E-state index in [1.165, 1.54) is 43.4 Å². The number of thiophene rings is 1. The highest BCUT2D eigenvalue weighted by Crippen LogP contribution is 2.41. The Kier molecular flexibility index (Phi) is 10.5. The molecular formula is C33H48N4OS2. The fourth-order valence-corrected chi connectivity index (χ4v) is 8.59. The zero-order valence-corrected chi connectivity index (χ0v) is 26.6. The summed E-state index contributed by atoms with van der Waals surface area (Å²) in [5, 5.41) is 2.25. The molecule has 0 N–H and O–H groups in total. The largest absolute Gasteiger partial charge is 0.423 e. The van der Waals surface area contributed by atoms with Crippen molar-refractivity contribution in [1.29, 1.82) is 0 Å². The van der Waals surface area contributed by atoms with Gasteiger partial charge in [-0.25, -0.2) is 4.98 Å². The Morgan fingerprint density at radius 3 is 2.35 bits per heavy atom. The minimum absolute atomic E-state index is 0.247. The van der Waals surface area contributed by atoms with Crippen molar-refractivity contribution in [2.45, 2.75) is 64.8 Å². The van der Waals surface area contributed by atoms with Crippen molar-refractivity contribution in [2.75, 3.05) is 61.6 Å². The minimum Gasteiger partial charge on any atom is -0.423 e. The Labute approximate surface area is 250 Å². The van der Waals surface area contributed by atoms with E-state index in [0.29, 0.717) is 0 Å². The van der Waals surface area contributed by atoms with Crippen LogP contribution in [0.15, 0.2) is 46.2 Å². The van der Waals surface area contributed by atoms with Gasteiger partial charge in [-0.2, -0.15) is 11.8 Å². The van der Waals surface area contributed by atoms with E-state index in [1.54, 1.807) is 4.88 Å². The third-order valence-corrected chi connectivity index (χ3v) is 10.8. The van der Waals surface area contributed by atoms with Gasteiger partial charge in [-0.05, 0) is 67.6 Å². The summed E-state index contributed by atoms with van der Waals surface area (Å²) < 4.78 is 6.80. The molecule has 2 aromatic heterocycles. The van der Waals surface area contributed by atoms with Gasteiger partial charge in [0.25, 0.3) is 0 Å². The van der Waals surface area contributed by atoms with Crippen LogP contribution < -0.4 is 9.80 Å². The minimum atomic E-state index is 0.247. The summed E-state index contributed by atoms with van der Waals surface area (Å²) in [6.07, 6.45) is 8.52. The fraction of sp³-hybridized carbons (Fsp3) is 0.606. The first-order valence-corrected chi connectivity index (χ1v) is 17.4. The van der Waals surface area contributed by atoms with Gasteiger partial charge >= 0.3 is 0 Å². The van der Waals surface area contributed by atoms with Crippen LogP contribution in [-0.4, -0.2) is 61.7 Å². The van der Waals surface area contributed by atoms with E-state index in [0.717, 1.165) is 79.8 Å². The number of thioether (sulfide) groups is 1. The second-order valence-corrected chi connectivity index (χ2v) is 14.0. The van der Waals surface area contributed by atoms with Crippen LogP contribution in [0.1, 0.15) is 74.0 Å². The zero-order valence-electron chi connectivity index (χ0n) is 25.0. The van der Waals surface area contributed by atoms with Crippen LogP contribution >= 0.6 is 23.1 Å². The highest BCUT2D eigenvalue weighted by atomic mass is 32.2. The smallest absolute Gasteiger partial charge is 0.220 e. The maximum Gasteiger partial charge on any atom is 0.220 e. The number of oxazole rings is 1. The Morgan fingerprint density at radius 2 is 1.68 bits per heavy atom. The summed E-state index contributed by atoms with van der Waals surface area (Å²) in [7, 11) is 4.33. The van der Waals surface area contributed by atoms with Gasteiger partial charge in [0.15, 0.2) is 0 Å². The van der Waals surface area contributed by atoms with E-state index in [-0.39, 0.29) is 6.04 Å². The zero-order chi connectivity index (χ0) is 27.9. The molecule has 0 spiro atoms. The molecule has 1 saturated carbocycles. The monoisotopic (exact) mass is 580 g/mol. The quantitative estimate of drug-likeness (QED) is 0.218. The molecule has 0 bridgehead atoms. The van der Waals surface area contributed by atoms with Gasteiger partial charge in [-0.3, -0.25) is 4.90 Å². The second-order valence-electron chi connectivity index (χ2n) is 11.8. The van der Waals surface area contributed by atoms with Gasteiger partial charge in [0.1, 0.15) is 5.69 Å². The molecule has 1 aliphatic carbocycles. The molecule has 0 amide bonds. The van der Waals surface area contributed by atoms with Crippen LogP contribution in [0.2, 0.25) is 0 Å². The third kappa shape index (κ3) is 7.27. The Hall–Kier alpha value is -1.96. The molecule has 7 heteroatoms. The van der Waals surface area contributed by atoms with Gasteiger partial charge in [-0.1, -0.05) is 57.0 Å². The van der Waals surface area contributed by atoms with E-state index < -0.39 is 0 Å². The van der Waals surface area contributed by atoms with Gasteiger partial charge in [0.2, 0.25) is 11.8 Å².